The van der Waals surface area contributed by atoms with Crippen molar-refractivity contribution in [1.82, 2.24) is 9.97 Å². The second-order valence-corrected chi connectivity index (χ2v) is 6.32. The zero-order chi connectivity index (χ0) is 14.2. The highest BCUT2D eigenvalue weighted by atomic mass is 16.5. The number of ether oxygens (including phenoxy) is 1. The fourth-order valence-electron chi connectivity index (χ4n) is 3.60. The predicted octanol–water partition coefficient (Wildman–Crippen LogP) is 2.99. The Morgan fingerprint density at radius 2 is 2.00 bits per heavy atom. The molecule has 2 aliphatic carbocycles. The van der Waals surface area contributed by atoms with Gasteiger partial charge in [0.2, 0.25) is 0 Å². The molecule has 0 amide bonds. The summed E-state index contributed by atoms with van der Waals surface area (Å²) in [4.78, 5) is 9.46. The van der Waals surface area contributed by atoms with E-state index in [9.17, 15) is 0 Å². The van der Waals surface area contributed by atoms with Gasteiger partial charge in [0.1, 0.15) is 11.4 Å². The summed E-state index contributed by atoms with van der Waals surface area (Å²) in [5.41, 5.74) is 8.18. The SMILES string of the molecule is CCOC1(c2nc(N)c3c(n2)CCC3)CCC(C)CC1. The van der Waals surface area contributed by atoms with Gasteiger partial charge >= 0.3 is 0 Å². The first-order valence-corrected chi connectivity index (χ1v) is 7.94. The third-order valence-corrected chi connectivity index (χ3v) is 4.88. The molecule has 1 aromatic heterocycles. The van der Waals surface area contributed by atoms with Gasteiger partial charge in [0.05, 0.1) is 0 Å². The first kappa shape index (κ1) is 13.8. The first-order valence-electron chi connectivity index (χ1n) is 7.94. The predicted molar refractivity (Wildman–Crippen MR) is 79.4 cm³/mol. The molecule has 1 saturated carbocycles. The van der Waals surface area contributed by atoms with Gasteiger partial charge in [-0.3, -0.25) is 0 Å². The number of aryl methyl sites for hydroxylation is 1. The largest absolute Gasteiger partial charge is 0.383 e. The van der Waals surface area contributed by atoms with Gasteiger partial charge in [-0.2, -0.15) is 0 Å². The highest BCUT2D eigenvalue weighted by Gasteiger charge is 2.40. The van der Waals surface area contributed by atoms with Gasteiger partial charge in [-0.05, 0) is 57.8 Å². The molecule has 20 heavy (non-hydrogen) atoms. The zero-order valence-electron chi connectivity index (χ0n) is 12.6. The van der Waals surface area contributed by atoms with E-state index in [4.69, 9.17) is 15.5 Å². The molecule has 1 heterocycles. The van der Waals surface area contributed by atoms with E-state index in [-0.39, 0.29) is 5.60 Å². The molecule has 0 saturated heterocycles. The van der Waals surface area contributed by atoms with Gasteiger partial charge in [-0.15, -0.1) is 0 Å². The smallest absolute Gasteiger partial charge is 0.162 e. The van der Waals surface area contributed by atoms with E-state index >= 15 is 0 Å². The summed E-state index contributed by atoms with van der Waals surface area (Å²) in [5, 5.41) is 0. The number of nitrogen functional groups attached to an aromatic ring is 1. The maximum Gasteiger partial charge on any atom is 0.162 e. The van der Waals surface area contributed by atoms with Crippen molar-refractivity contribution in [2.24, 2.45) is 5.92 Å². The van der Waals surface area contributed by atoms with Crippen molar-refractivity contribution in [2.45, 2.75) is 64.4 Å². The normalized spacial score (nSPS) is 29.4. The lowest BCUT2D eigenvalue weighted by molar-refractivity contribution is -0.0837. The minimum Gasteiger partial charge on any atom is -0.383 e. The molecular formula is C16H25N3O. The molecule has 3 rings (SSSR count). The van der Waals surface area contributed by atoms with Gasteiger partial charge in [0.25, 0.3) is 0 Å². The summed E-state index contributed by atoms with van der Waals surface area (Å²) < 4.78 is 6.14. The van der Waals surface area contributed by atoms with Crippen LogP contribution < -0.4 is 5.73 Å². The zero-order valence-corrected chi connectivity index (χ0v) is 12.6. The molecule has 4 heteroatoms. The maximum atomic E-state index is 6.16. The van der Waals surface area contributed by atoms with Crippen LogP contribution in [0.2, 0.25) is 0 Å². The molecule has 2 aliphatic rings. The summed E-state index contributed by atoms with van der Waals surface area (Å²) >= 11 is 0. The van der Waals surface area contributed by atoms with E-state index in [1.54, 1.807) is 0 Å². The number of hydrogen-bond donors (Lipinski definition) is 1. The van der Waals surface area contributed by atoms with Crippen molar-refractivity contribution in [3.8, 4) is 0 Å². The molecule has 0 aromatic carbocycles. The lowest BCUT2D eigenvalue weighted by Crippen LogP contribution is -2.36. The van der Waals surface area contributed by atoms with Crippen molar-refractivity contribution in [2.75, 3.05) is 12.3 Å². The number of aromatic nitrogens is 2. The lowest BCUT2D eigenvalue weighted by atomic mass is 9.78. The molecule has 0 bridgehead atoms. The summed E-state index contributed by atoms with van der Waals surface area (Å²) in [6.07, 6.45) is 7.60. The van der Waals surface area contributed by atoms with Crippen LogP contribution in [0.3, 0.4) is 0 Å². The fraction of sp³-hybridized carbons (Fsp3) is 0.750. The molecule has 0 radical (unpaired) electrons. The Morgan fingerprint density at radius 3 is 2.70 bits per heavy atom. The molecule has 0 atom stereocenters. The van der Waals surface area contributed by atoms with Crippen molar-refractivity contribution in [3.05, 3.63) is 17.1 Å². The quantitative estimate of drug-likeness (QED) is 0.921. The van der Waals surface area contributed by atoms with Crippen LogP contribution in [0.1, 0.15) is 63.0 Å². The van der Waals surface area contributed by atoms with E-state index in [1.165, 1.54) is 18.4 Å². The second-order valence-electron chi connectivity index (χ2n) is 6.32. The summed E-state index contributed by atoms with van der Waals surface area (Å²) in [6.45, 7) is 5.07. The minimum atomic E-state index is -0.299. The topological polar surface area (TPSA) is 61.0 Å². The molecular weight excluding hydrogens is 250 g/mol. The van der Waals surface area contributed by atoms with Crippen LogP contribution >= 0.6 is 0 Å². The van der Waals surface area contributed by atoms with Crippen LogP contribution in [0.15, 0.2) is 0 Å². The fourth-order valence-corrected chi connectivity index (χ4v) is 3.60. The first-order chi connectivity index (χ1) is 9.64. The Kier molecular flexibility index (Phi) is 3.67. The summed E-state index contributed by atoms with van der Waals surface area (Å²) in [6, 6.07) is 0. The number of hydrogen-bond acceptors (Lipinski definition) is 4. The van der Waals surface area contributed by atoms with E-state index in [0.717, 1.165) is 49.5 Å². The van der Waals surface area contributed by atoms with E-state index in [1.807, 2.05) is 0 Å². The Balaban J connectivity index is 1.97. The summed E-state index contributed by atoms with van der Waals surface area (Å²) in [7, 11) is 0. The number of fused-ring (bicyclic) bond motifs is 1. The van der Waals surface area contributed by atoms with Crippen molar-refractivity contribution < 1.29 is 4.74 Å². The monoisotopic (exact) mass is 275 g/mol. The van der Waals surface area contributed by atoms with Crippen LogP contribution in [-0.4, -0.2) is 16.6 Å². The highest BCUT2D eigenvalue weighted by molar-refractivity contribution is 5.45. The Morgan fingerprint density at radius 1 is 1.25 bits per heavy atom. The number of nitrogens with two attached hydrogens (primary N) is 1. The van der Waals surface area contributed by atoms with Crippen LogP contribution in [0.4, 0.5) is 5.82 Å². The average Bonchev–Trinajstić information content (AvgIpc) is 2.91. The molecule has 0 spiro atoms. The standard InChI is InChI=1S/C16H25N3O/c1-3-20-16(9-7-11(2)8-10-16)15-18-13-6-4-5-12(13)14(17)19-15/h11H,3-10H2,1-2H3,(H2,17,18,19). The number of rotatable bonds is 3. The average molecular weight is 275 g/mol. The summed E-state index contributed by atoms with van der Waals surface area (Å²) in [5.74, 6) is 2.29. The van der Waals surface area contributed by atoms with Gasteiger partial charge < -0.3 is 10.5 Å². The van der Waals surface area contributed by atoms with Crippen LogP contribution in [0.5, 0.6) is 0 Å². The van der Waals surface area contributed by atoms with Gasteiger partial charge in [-0.25, -0.2) is 9.97 Å². The highest BCUT2D eigenvalue weighted by Crippen LogP contribution is 2.42. The minimum absolute atomic E-state index is 0.299. The molecule has 0 unspecified atom stereocenters. The van der Waals surface area contributed by atoms with Crippen LogP contribution in [-0.2, 0) is 23.2 Å². The molecule has 1 fully saturated rings. The number of nitrogens with zero attached hydrogens (tertiary/aromatic N) is 2. The second kappa shape index (κ2) is 5.32. The third-order valence-electron chi connectivity index (χ3n) is 4.88. The molecule has 4 nitrogen and oxygen atoms in total. The number of anilines is 1. The van der Waals surface area contributed by atoms with Gasteiger partial charge in [0, 0.05) is 17.9 Å². The Bertz CT molecular complexity index is 493. The van der Waals surface area contributed by atoms with Gasteiger partial charge in [-0.1, -0.05) is 6.92 Å². The lowest BCUT2D eigenvalue weighted by Gasteiger charge is -2.38. The molecule has 2 N–H and O–H groups in total. The maximum absolute atomic E-state index is 6.16. The molecule has 110 valence electrons. The van der Waals surface area contributed by atoms with Crippen LogP contribution in [0.25, 0.3) is 0 Å². The van der Waals surface area contributed by atoms with Crippen LogP contribution in [0, 0.1) is 5.92 Å². The van der Waals surface area contributed by atoms with E-state index < -0.39 is 0 Å². The van der Waals surface area contributed by atoms with Crippen molar-refractivity contribution >= 4 is 5.82 Å². The van der Waals surface area contributed by atoms with Crippen molar-refractivity contribution in [1.29, 1.82) is 0 Å². The van der Waals surface area contributed by atoms with Crippen molar-refractivity contribution in [3.63, 3.8) is 0 Å². The van der Waals surface area contributed by atoms with E-state index in [0.29, 0.717) is 12.4 Å². The Hall–Kier alpha value is -1.16. The molecule has 1 aromatic rings. The van der Waals surface area contributed by atoms with Gasteiger partial charge in [0.15, 0.2) is 5.82 Å². The Labute approximate surface area is 121 Å². The van der Waals surface area contributed by atoms with E-state index in [2.05, 4.69) is 18.8 Å². The third kappa shape index (κ3) is 2.30. The molecule has 0 aliphatic heterocycles.